The second-order valence-electron chi connectivity index (χ2n) is 9.34. The molecule has 0 amide bonds. The average Bonchev–Trinajstić information content (AvgIpc) is 2.90. The van der Waals surface area contributed by atoms with Crippen LogP contribution in [0.5, 0.6) is 17.2 Å². The highest BCUT2D eigenvalue weighted by Crippen LogP contribution is 2.32. The number of hydrogen-bond acceptors (Lipinski definition) is 9. The molecule has 0 N–H and O–H groups in total. The maximum Gasteiger partial charge on any atom is 0.309 e. The Kier molecular flexibility index (Phi) is 11.1. The predicted molar refractivity (Wildman–Crippen MR) is 139 cm³/mol. The first-order chi connectivity index (χ1) is 18.3. The number of esters is 2. The van der Waals surface area contributed by atoms with Gasteiger partial charge in [0.25, 0.3) is 0 Å². The van der Waals surface area contributed by atoms with Crippen LogP contribution in [0.3, 0.4) is 0 Å². The van der Waals surface area contributed by atoms with E-state index < -0.39 is 35.8 Å². The number of Topliss-reactive ketones (excluding diaryl/α,β-unsaturated/α-hetero) is 1. The lowest BCUT2D eigenvalue weighted by molar-refractivity contribution is -0.164. The zero-order valence-electron chi connectivity index (χ0n) is 22.5. The van der Waals surface area contributed by atoms with Crippen LogP contribution in [0, 0.1) is 5.92 Å². The van der Waals surface area contributed by atoms with Gasteiger partial charge in [-0.05, 0) is 38.3 Å². The lowest BCUT2D eigenvalue weighted by Gasteiger charge is -2.33. The van der Waals surface area contributed by atoms with Crippen molar-refractivity contribution in [2.45, 2.75) is 77.6 Å². The number of para-hydroxylation sites is 1. The predicted octanol–water partition coefficient (Wildman–Crippen LogP) is 4.95. The minimum atomic E-state index is -0.686. The number of cyclic esters (lactones) is 1. The highest BCUT2D eigenvalue weighted by atomic mass is 16.6. The first-order valence-corrected chi connectivity index (χ1v) is 13.1. The molecule has 38 heavy (non-hydrogen) atoms. The fourth-order valence-electron chi connectivity index (χ4n) is 4.48. The third-order valence-electron chi connectivity index (χ3n) is 6.34. The summed E-state index contributed by atoms with van der Waals surface area (Å²) in [5.41, 5.74) is -0.0594. The Labute approximate surface area is 223 Å². The van der Waals surface area contributed by atoms with Gasteiger partial charge in [-0.3, -0.25) is 14.4 Å². The van der Waals surface area contributed by atoms with Crippen molar-refractivity contribution in [2.75, 3.05) is 13.7 Å². The number of carbonyl (C=O) groups is 3. The Hall–Kier alpha value is -3.46. The van der Waals surface area contributed by atoms with Crippen LogP contribution in [0.4, 0.5) is 0 Å². The normalized spacial score (nSPS) is 22.2. The third kappa shape index (κ3) is 8.02. The maximum atomic E-state index is 13.3. The number of nitrogens with zero attached hydrogens (tertiary/aromatic N) is 1. The quantitative estimate of drug-likeness (QED) is 0.313. The van der Waals surface area contributed by atoms with Gasteiger partial charge in [-0.15, -0.1) is 0 Å². The molecule has 1 saturated heterocycles. The van der Waals surface area contributed by atoms with Crippen molar-refractivity contribution in [3.8, 4) is 17.2 Å². The number of ketones is 1. The zero-order valence-corrected chi connectivity index (χ0v) is 22.5. The minimum absolute atomic E-state index is 0.0543. The first kappa shape index (κ1) is 29.1. The van der Waals surface area contributed by atoms with E-state index in [9.17, 15) is 14.4 Å². The largest absolute Gasteiger partial charge is 0.493 e. The lowest BCUT2D eigenvalue weighted by atomic mass is 9.92. The van der Waals surface area contributed by atoms with Gasteiger partial charge in [-0.1, -0.05) is 38.0 Å². The summed E-state index contributed by atoms with van der Waals surface area (Å²) in [4.78, 5) is 42.3. The summed E-state index contributed by atoms with van der Waals surface area (Å²) in [5, 5.41) is 0. The molecule has 4 atom stereocenters. The van der Waals surface area contributed by atoms with Crippen LogP contribution in [0.1, 0.15) is 69.8 Å². The smallest absolute Gasteiger partial charge is 0.309 e. The van der Waals surface area contributed by atoms with Gasteiger partial charge in [0.2, 0.25) is 5.75 Å². The van der Waals surface area contributed by atoms with Crippen LogP contribution < -0.4 is 14.2 Å². The van der Waals surface area contributed by atoms with Crippen LogP contribution in [0.15, 0.2) is 42.6 Å². The number of ether oxygens (including phenoxy) is 5. The Bertz CT molecular complexity index is 1070. The van der Waals surface area contributed by atoms with Crippen LogP contribution in [0.25, 0.3) is 0 Å². The second kappa shape index (κ2) is 14.5. The number of benzene rings is 1. The zero-order chi connectivity index (χ0) is 27.5. The van der Waals surface area contributed by atoms with Crippen molar-refractivity contribution in [3.05, 3.63) is 48.3 Å². The summed E-state index contributed by atoms with van der Waals surface area (Å²) >= 11 is 0. The molecule has 0 bridgehead atoms. The molecule has 2 aromatic rings. The van der Waals surface area contributed by atoms with Gasteiger partial charge in [0, 0.05) is 32.2 Å². The molecular weight excluding hydrogens is 490 g/mol. The Morgan fingerprint density at radius 3 is 2.53 bits per heavy atom. The average molecular weight is 528 g/mol. The number of aromatic nitrogens is 1. The van der Waals surface area contributed by atoms with E-state index in [1.54, 1.807) is 6.92 Å². The fraction of sp³-hybridized carbons (Fsp3) is 0.517. The molecule has 0 radical (unpaired) electrons. The highest BCUT2D eigenvalue weighted by Gasteiger charge is 2.36. The fourth-order valence-corrected chi connectivity index (χ4v) is 4.48. The summed E-state index contributed by atoms with van der Waals surface area (Å²) in [5.74, 6) is -1.40. The van der Waals surface area contributed by atoms with E-state index in [1.165, 1.54) is 26.3 Å². The third-order valence-corrected chi connectivity index (χ3v) is 6.34. The van der Waals surface area contributed by atoms with Crippen LogP contribution in [-0.4, -0.2) is 54.7 Å². The van der Waals surface area contributed by atoms with Gasteiger partial charge >= 0.3 is 11.9 Å². The molecule has 1 aliphatic heterocycles. The molecule has 9 heteroatoms. The monoisotopic (exact) mass is 527 g/mol. The Morgan fingerprint density at radius 1 is 1.11 bits per heavy atom. The van der Waals surface area contributed by atoms with E-state index in [2.05, 4.69) is 4.98 Å². The molecule has 1 aliphatic rings. The van der Waals surface area contributed by atoms with Gasteiger partial charge in [0.1, 0.15) is 11.9 Å². The molecule has 3 rings (SSSR count). The van der Waals surface area contributed by atoms with Gasteiger partial charge in [0.05, 0.1) is 19.1 Å². The van der Waals surface area contributed by atoms with E-state index in [0.29, 0.717) is 25.2 Å². The van der Waals surface area contributed by atoms with Crippen molar-refractivity contribution in [3.63, 3.8) is 0 Å². The van der Waals surface area contributed by atoms with Crippen molar-refractivity contribution in [2.24, 2.45) is 5.92 Å². The number of hydrogen-bond donors (Lipinski definition) is 0. The van der Waals surface area contributed by atoms with Gasteiger partial charge in [-0.25, -0.2) is 4.98 Å². The van der Waals surface area contributed by atoms with Crippen molar-refractivity contribution in [1.29, 1.82) is 0 Å². The summed E-state index contributed by atoms with van der Waals surface area (Å²) in [6.45, 7) is 5.64. The first-order valence-electron chi connectivity index (χ1n) is 13.1. The Morgan fingerprint density at radius 2 is 1.84 bits per heavy atom. The number of pyridine rings is 1. The Balaban J connectivity index is 1.80. The standard InChI is InChI=1S/C29H37NO8/c1-5-17-35-25-14-10-9-11-21(29(33)36-19(2)27(25)38-22-12-7-6-8-13-22)18-23(32)26-28(37-20(3)31)24(34-4)15-16-30-26/h6-8,12-13,15-16,19,21,25,27H,5,9-11,14,17-18H2,1-4H3/t19-,21+,25-,27-/m0/s1. The van der Waals surface area contributed by atoms with Gasteiger partial charge in [0.15, 0.2) is 23.3 Å². The maximum absolute atomic E-state index is 13.3. The van der Waals surface area contributed by atoms with Crippen molar-refractivity contribution < 1.29 is 38.1 Å². The molecule has 0 unspecified atom stereocenters. The van der Waals surface area contributed by atoms with Crippen molar-refractivity contribution >= 4 is 17.7 Å². The number of carbonyl (C=O) groups excluding carboxylic acids is 3. The lowest BCUT2D eigenvalue weighted by Crippen LogP contribution is -2.45. The number of methoxy groups -OCH3 is 1. The van der Waals surface area contributed by atoms with Crippen LogP contribution in [-0.2, 0) is 19.1 Å². The molecule has 206 valence electrons. The minimum Gasteiger partial charge on any atom is -0.493 e. The van der Waals surface area contributed by atoms with E-state index in [1.807, 2.05) is 37.3 Å². The van der Waals surface area contributed by atoms with E-state index in [4.69, 9.17) is 23.7 Å². The number of rotatable bonds is 10. The van der Waals surface area contributed by atoms with E-state index >= 15 is 0 Å². The van der Waals surface area contributed by atoms with Gasteiger partial charge < -0.3 is 23.7 Å². The van der Waals surface area contributed by atoms with E-state index in [0.717, 1.165) is 19.3 Å². The van der Waals surface area contributed by atoms with E-state index in [-0.39, 0.29) is 29.7 Å². The second-order valence-corrected chi connectivity index (χ2v) is 9.34. The molecule has 0 saturated carbocycles. The highest BCUT2D eigenvalue weighted by molar-refractivity contribution is 6.00. The topological polar surface area (TPSA) is 110 Å². The summed E-state index contributed by atoms with van der Waals surface area (Å²) in [7, 11) is 1.40. The summed E-state index contributed by atoms with van der Waals surface area (Å²) in [6.07, 6.45) is 3.43. The molecule has 0 spiro atoms. The SMILES string of the molecule is CCCO[C@H]1CCCC[C@H](CC(=O)c2nccc(OC)c2OC(C)=O)C(=O)O[C@@H](C)[C@@H]1Oc1ccccc1. The summed E-state index contributed by atoms with van der Waals surface area (Å²) in [6, 6.07) is 10.9. The molecule has 2 heterocycles. The summed E-state index contributed by atoms with van der Waals surface area (Å²) < 4.78 is 28.8. The molecular formula is C29H37NO8. The molecule has 1 aromatic carbocycles. The molecule has 1 fully saturated rings. The molecule has 1 aromatic heterocycles. The van der Waals surface area contributed by atoms with Crippen LogP contribution >= 0.6 is 0 Å². The molecule has 9 nitrogen and oxygen atoms in total. The van der Waals surface area contributed by atoms with Crippen LogP contribution in [0.2, 0.25) is 0 Å². The molecule has 0 aliphatic carbocycles. The van der Waals surface area contributed by atoms with Crippen molar-refractivity contribution in [1.82, 2.24) is 4.98 Å². The van der Waals surface area contributed by atoms with Gasteiger partial charge in [-0.2, -0.15) is 0 Å².